The van der Waals surface area contributed by atoms with E-state index in [-0.39, 0.29) is 5.56 Å². The Morgan fingerprint density at radius 3 is 2.36 bits per heavy atom. The lowest BCUT2D eigenvalue weighted by molar-refractivity contribution is -0.149. The molecule has 0 radical (unpaired) electrons. The van der Waals surface area contributed by atoms with Gasteiger partial charge in [-0.1, -0.05) is 28.1 Å². The summed E-state index contributed by atoms with van der Waals surface area (Å²) in [5.41, 5.74) is 6.01. The Morgan fingerprint density at radius 2 is 1.93 bits per heavy atom. The zero-order valence-electron chi connectivity index (χ0n) is 7.40. The average molecular weight is 268 g/mol. The van der Waals surface area contributed by atoms with E-state index in [0.717, 1.165) is 5.56 Å². The minimum Gasteiger partial charge on any atom is -0.316 e. The third kappa shape index (κ3) is 2.48. The van der Waals surface area contributed by atoms with Crippen molar-refractivity contribution in [2.75, 3.05) is 0 Å². The molecule has 0 fully saturated rings. The summed E-state index contributed by atoms with van der Waals surface area (Å²) in [6.07, 6.45) is -4.40. The Morgan fingerprint density at radius 1 is 1.36 bits per heavy atom. The Hall–Kier alpha value is -0.550. The van der Waals surface area contributed by atoms with Crippen molar-refractivity contribution in [1.29, 1.82) is 0 Å². The van der Waals surface area contributed by atoms with Gasteiger partial charge in [-0.2, -0.15) is 13.2 Å². The van der Waals surface area contributed by atoms with E-state index in [1.165, 1.54) is 6.07 Å². The maximum atomic E-state index is 12.3. The van der Waals surface area contributed by atoms with Gasteiger partial charge in [0.1, 0.15) is 6.04 Å². The highest BCUT2D eigenvalue weighted by atomic mass is 79.9. The number of halogens is 4. The van der Waals surface area contributed by atoms with Gasteiger partial charge in [0.25, 0.3) is 0 Å². The van der Waals surface area contributed by atoms with E-state index in [1.54, 1.807) is 19.1 Å². The first-order valence-electron chi connectivity index (χ1n) is 3.90. The quantitative estimate of drug-likeness (QED) is 0.830. The molecular weight excluding hydrogens is 259 g/mol. The topological polar surface area (TPSA) is 26.0 Å². The van der Waals surface area contributed by atoms with E-state index in [1.807, 2.05) is 0 Å². The lowest BCUT2D eigenvalue weighted by Crippen LogP contribution is -2.28. The fourth-order valence-electron chi connectivity index (χ4n) is 1.06. The largest absolute Gasteiger partial charge is 0.407 e. The van der Waals surface area contributed by atoms with Gasteiger partial charge < -0.3 is 5.73 Å². The van der Waals surface area contributed by atoms with Gasteiger partial charge in [0.15, 0.2) is 0 Å². The van der Waals surface area contributed by atoms with Gasteiger partial charge in [0, 0.05) is 4.47 Å². The number of hydrogen-bond acceptors (Lipinski definition) is 1. The van der Waals surface area contributed by atoms with Gasteiger partial charge in [-0.05, 0) is 24.1 Å². The summed E-state index contributed by atoms with van der Waals surface area (Å²) < 4.78 is 37.2. The van der Waals surface area contributed by atoms with E-state index in [4.69, 9.17) is 5.73 Å². The Bertz CT molecular complexity index is 335. The first-order valence-corrected chi connectivity index (χ1v) is 4.70. The Balaban J connectivity index is 3.08. The van der Waals surface area contributed by atoms with Crippen molar-refractivity contribution in [1.82, 2.24) is 0 Å². The van der Waals surface area contributed by atoms with Crippen LogP contribution in [0.15, 0.2) is 22.7 Å². The Kier molecular flexibility index (Phi) is 3.21. The van der Waals surface area contributed by atoms with Crippen molar-refractivity contribution in [2.45, 2.75) is 19.1 Å². The van der Waals surface area contributed by atoms with E-state index in [0.29, 0.717) is 4.47 Å². The molecule has 0 saturated heterocycles. The van der Waals surface area contributed by atoms with Crippen LogP contribution in [0, 0.1) is 6.92 Å². The maximum absolute atomic E-state index is 12.3. The van der Waals surface area contributed by atoms with Crippen molar-refractivity contribution in [3.05, 3.63) is 33.8 Å². The van der Waals surface area contributed by atoms with Gasteiger partial charge in [-0.3, -0.25) is 0 Å². The molecule has 1 nitrogen and oxygen atoms in total. The Labute approximate surface area is 88.2 Å². The second-order valence-corrected chi connectivity index (χ2v) is 3.90. The number of alkyl halides is 3. The van der Waals surface area contributed by atoms with Crippen molar-refractivity contribution >= 4 is 15.9 Å². The van der Waals surface area contributed by atoms with E-state index in [2.05, 4.69) is 15.9 Å². The molecule has 1 atom stereocenters. The van der Waals surface area contributed by atoms with Crippen molar-refractivity contribution in [3.8, 4) is 0 Å². The molecule has 1 rings (SSSR count). The lowest BCUT2D eigenvalue weighted by Gasteiger charge is -2.17. The molecular formula is C9H9BrF3N. The molecule has 0 amide bonds. The van der Waals surface area contributed by atoms with E-state index >= 15 is 0 Å². The maximum Gasteiger partial charge on any atom is 0.407 e. The van der Waals surface area contributed by atoms with Crippen molar-refractivity contribution in [2.24, 2.45) is 5.73 Å². The van der Waals surface area contributed by atoms with Crippen LogP contribution in [0.1, 0.15) is 17.2 Å². The highest BCUT2D eigenvalue weighted by Crippen LogP contribution is 2.34. The highest BCUT2D eigenvalue weighted by Gasteiger charge is 2.38. The summed E-state index contributed by atoms with van der Waals surface area (Å²) in [6, 6.07) is 2.67. The number of benzene rings is 1. The van der Waals surface area contributed by atoms with Crippen LogP contribution in [0.3, 0.4) is 0 Å². The smallest absolute Gasteiger partial charge is 0.316 e. The predicted octanol–water partition coefficient (Wildman–Crippen LogP) is 3.32. The van der Waals surface area contributed by atoms with Crippen LogP contribution < -0.4 is 5.73 Å². The summed E-state index contributed by atoms with van der Waals surface area (Å²) in [5.74, 6) is 0. The first kappa shape index (κ1) is 11.5. The third-order valence-electron chi connectivity index (χ3n) is 1.84. The van der Waals surface area contributed by atoms with Gasteiger partial charge in [-0.25, -0.2) is 0 Å². The van der Waals surface area contributed by atoms with Crippen LogP contribution >= 0.6 is 15.9 Å². The summed E-state index contributed by atoms with van der Waals surface area (Å²) in [5, 5.41) is 0. The van der Waals surface area contributed by atoms with Gasteiger partial charge >= 0.3 is 6.18 Å². The molecule has 0 aliphatic heterocycles. The molecule has 1 aromatic carbocycles. The monoisotopic (exact) mass is 267 g/mol. The zero-order valence-corrected chi connectivity index (χ0v) is 8.98. The molecule has 0 saturated carbocycles. The van der Waals surface area contributed by atoms with Crippen molar-refractivity contribution in [3.63, 3.8) is 0 Å². The van der Waals surface area contributed by atoms with Crippen LogP contribution in [0.25, 0.3) is 0 Å². The molecule has 0 unspecified atom stereocenters. The number of hydrogen-bond donors (Lipinski definition) is 1. The molecule has 0 aromatic heterocycles. The number of aryl methyl sites for hydroxylation is 1. The zero-order chi connectivity index (χ0) is 10.9. The minimum absolute atomic E-state index is 0.0584. The lowest BCUT2D eigenvalue weighted by atomic mass is 10.1. The summed E-state index contributed by atoms with van der Waals surface area (Å²) >= 11 is 3.06. The second kappa shape index (κ2) is 3.90. The van der Waals surface area contributed by atoms with Crippen LogP contribution in [0.5, 0.6) is 0 Å². The molecule has 0 bridgehead atoms. The van der Waals surface area contributed by atoms with Crippen LogP contribution in [0.2, 0.25) is 0 Å². The minimum atomic E-state index is -4.40. The molecule has 1 aromatic rings. The van der Waals surface area contributed by atoms with Gasteiger partial charge in [0.2, 0.25) is 0 Å². The summed E-state index contributed by atoms with van der Waals surface area (Å²) in [6.45, 7) is 1.80. The number of rotatable bonds is 1. The van der Waals surface area contributed by atoms with Crippen molar-refractivity contribution < 1.29 is 13.2 Å². The molecule has 14 heavy (non-hydrogen) atoms. The van der Waals surface area contributed by atoms with E-state index < -0.39 is 12.2 Å². The third-order valence-corrected chi connectivity index (χ3v) is 2.53. The molecule has 0 spiro atoms. The SMILES string of the molecule is Cc1ccc([C@@H](N)C(F)(F)F)c(Br)c1. The summed E-state index contributed by atoms with van der Waals surface area (Å²) in [4.78, 5) is 0. The predicted molar refractivity (Wildman–Crippen MR) is 51.9 cm³/mol. The molecule has 78 valence electrons. The highest BCUT2D eigenvalue weighted by molar-refractivity contribution is 9.10. The molecule has 5 heteroatoms. The van der Waals surface area contributed by atoms with Gasteiger partial charge in [-0.15, -0.1) is 0 Å². The number of nitrogens with two attached hydrogens (primary N) is 1. The fourth-order valence-corrected chi connectivity index (χ4v) is 1.80. The van der Waals surface area contributed by atoms with Crippen LogP contribution in [0.4, 0.5) is 13.2 Å². The average Bonchev–Trinajstić information content (AvgIpc) is 2.01. The van der Waals surface area contributed by atoms with E-state index in [9.17, 15) is 13.2 Å². The van der Waals surface area contributed by atoms with Gasteiger partial charge in [0.05, 0.1) is 0 Å². The van der Waals surface area contributed by atoms with Crippen LogP contribution in [-0.4, -0.2) is 6.18 Å². The molecule has 2 N–H and O–H groups in total. The molecule has 0 heterocycles. The van der Waals surface area contributed by atoms with Crippen LogP contribution in [-0.2, 0) is 0 Å². The molecule has 0 aliphatic carbocycles. The molecule has 0 aliphatic rings. The standard InChI is InChI=1S/C9H9BrF3N/c1-5-2-3-6(7(10)4-5)8(14)9(11,12)13/h2-4,8H,14H2,1H3/t8-/m1/s1. The fraction of sp³-hybridized carbons (Fsp3) is 0.333. The second-order valence-electron chi connectivity index (χ2n) is 3.04. The normalized spacial score (nSPS) is 14.1. The summed E-state index contributed by atoms with van der Waals surface area (Å²) in [7, 11) is 0. The first-order chi connectivity index (χ1) is 6.32.